The third kappa shape index (κ3) is 19.5. The average molecular weight is 1030 g/mol. The van der Waals surface area contributed by atoms with Crippen LogP contribution in [0.25, 0.3) is 18.2 Å². The number of benzene rings is 7. The van der Waals surface area contributed by atoms with Crippen LogP contribution < -0.4 is 21.9 Å². The summed E-state index contributed by atoms with van der Waals surface area (Å²) in [6, 6.07) is 75.0. The molecule has 7 aromatic carbocycles. The van der Waals surface area contributed by atoms with Crippen molar-refractivity contribution >= 4 is 64.9 Å². The molecule has 1 fully saturated rings. The second-order valence-electron chi connectivity index (χ2n) is 15.6. The van der Waals surface area contributed by atoms with Crippen LogP contribution in [0.4, 0.5) is 0 Å². The van der Waals surface area contributed by atoms with Crippen LogP contribution in [-0.2, 0) is 27.3 Å². The number of allylic oxidation sites excluding steroid dienone is 3. The smallest absolute Gasteiger partial charge is 0.400 e. The monoisotopic (exact) mass is 1030 g/mol. The van der Waals surface area contributed by atoms with E-state index in [-0.39, 0.29) is 45.4 Å². The zero-order chi connectivity index (χ0) is 49.2. The summed E-state index contributed by atoms with van der Waals surface area (Å²) < 4.78 is 0. The summed E-state index contributed by atoms with van der Waals surface area (Å²) in [7, 11) is 2.00. The Bertz CT molecular complexity index is 2290. The van der Waals surface area contributed by atoms with E-state index in [1.165, 1.54) is 38.5 Å². The number of aliphatic imine (C=N–C) groups is 3. The summed E-state index contributed by atoms with van der Waals surface area (Å²) in [4.78, 5) is 22.8. The molecular weight excluding hydrogens is 968 g/mol. The second kappa shape index (κ2) is 34.2. The SMILES string of the molecule is C(/C=C/c1ccccc1)=NC1CC(N=C/C=C/c2ccccc2)CC(N=C/C=C/c2ccccc2)C1.CO.CO.O=[N+]([O-])[O-].[Cd+2].c1ccc([B-](c2ccccc2)(c2ccccc2)c2ccccc2)cc1. The number of nitrogens with zero attached hydrogens (tertiary/aromatic N) is 4. The molecule has 7 aromatic rings. The molecule has 11 heteroatoms. The van der Waals surface area contributed by atoms with Gasteiger partial charge in [-0.15, -0.1) is 0 Å². The summed E-state index contributed by atoms with van der Waals surface area (Å²) in [5.41, 5.74) is 8.88. The first-order chi connectivity index (χ1) is 34.0. The molecule has 0 radical (unpaired) electrons. The largest absolute Gasteiger partial charge is 2.00 e. The van der Waals surface area contributed by atoms with Crippen molar-refractivity contribution in [2.24, 2.45) is 15.0 Å². The van der Waals surface area contributed by atoms with Crippen LogP contribution in [0.2, 0.25) is 0 Å². The molecule has 0 spiro atoms. The van der Waals surface area contributed by atoms with Gasteiger partial charge in [0.2, 0.25) is 0 Å². The zero-order valence-electron chi connectivity index (χ0n) is 39.9. The Morgan fingerprint density at radius 3 is 0.786 bits per heavy atom. The van der Waals surface area contributed by atoms with Gasteiger partial charge in [0, 0.05) is 32.9 Å². The van der Waals surface area contributed by atoms with Crippen LogP contribution in [0, 0.1) is 15.3 Å². The number of rotatable bonds is 13. The minimum Gasteiger partial charge on any atom is -0.400 e. The Kier molecular flexibility index (Phi) is 28.0. The third-order valence-electron chi connectivity index (χ3n) is 11.2. The summed E-state index contributed by atoms with van der Waals surface area (Å²) in [5, 5.41) is 28.8. The Morgan fingerprint density at radius 1 is 0.400 bits per heavy atom. The van der Waals surface area contributed by atoms with Crippen LogP contribution in [0.15, 0.2) is 246 Å². The van der Waals surface area contributed by atoms with Crippen LogP contribution >= 0.6 is 0 Å². The summed E-state index contributed by atoms with van der Waals surface area (Å²) in [6.45, 7) is 0. The van der Waals surface area contributed by atoms with E-state index in [1.54, 1.807) is 0 Å². The van der Waals surface area contributed by atoms with E-state index in [2.05, 4.69) is 176 Å². The van der Waals surface area contributed by atoms with Gasteiger partial charge in [-0.25, -0.2) is 0 Å². The van der Waals surface area contributed by atoms with Crippen molar-refractivity contribution in [1.82, 2.24) is 0 Å². The van der Waals surface area contributed by atoms with Gasteiger partial charge < -0.3 is 25.5 Å². The molecule has 1 saturated carbocycles. The fraction of sp³-hybridized carbons (Fsp3) is 0.136. The quantitative estimate of drug-likeness (QED) is 0.0512. The Balaban J connectivity index is 0.000000332. The van der Waals surface area contributed by atoms with Gasteiger partial charge in [-0.3, -0.25) is 15.0 Å². The van der Waals surface area contributed by atoms with Gasteiger partial charge in [0.05, 0.1) is 23.2 Å². The first kappa shape index (κ1) is 57.2. The van der Waals surface area contributed by atoms with Gasteiger partial charge in [0.15, 0.2) is 0 Å². The van der Waals surface area contributed by atoms with Crippen molar-refractivity contribution in [2.45, 2.75) is 37.4 Å². The maximum absolute atomic E-state index is 8.25. The standard InChI is InChI=1S/C33H33N3.C24H20B.2CH4O.Cd.NO3/c1-4-13-28(14-5-1)19-10-22-34-31-25-32(35-23-11-20-29-15-6-2-7-16-29)27-33(26-31)36-24-12-21-30-17-8-3-9-18-30;1-5-13-21(14-6-1)25(22-15-7-2-8-16-22,23-17-9-3-10-18-23)24-19-11-4-12-20-24;2*1-2;;2-1(3)4/h1-24,31-33H,25-27H2;1-20H;2*2H,1H3;;/q;-1;;;+2;-1/b19-10+,20-11+,21-12+,34-22?,35-23?,36-24?;;;;;. The van der Waals surface area contributed by atoms with Crippen molar-refractivity contribution in [3.63, 3.8) is 0 Å². The normalized spacial score (nSPS) is 15.4. The van der Waals surface area contributed by atoms with E-state index in [4.69, 9.17) is 40.5 Å². The molecule has 0 atom stereocenters. The van der Waals surface area contributed by atoms with E-state index in [0.29, 0.717) is 0 Å². The van der Waals surface area contributed by atoms with E-state index >= 15 is 0 Å². The molecule has 0 heterocycles. The minimum atomic E-state index is -1.75. The average Bonchev–Trinajstić information content (AvgIpc) is 3.41. The second-order valence-corrected chi connectivity index (χ2v) is 15.6. The molecule has 0 aromatic heterocycles. The Morgan fingerprint density at radius 2 is 0.586 bits per heavy atom. The molecule has 70 heavy (non-hydrogen) atoms. The number of hydrogen-bond acceptors (Lipinski definition) is 8. The topological polar surface area (TPSA) is 144 Å². The van der Waals surface area contributed by atoms with Crippen molar-refractivity contribution in [3.05, 3.63) is 263 Å². The molecule has 1 aliphatic carbocycles. The van der Waals surface area contributed by atoms with Crippen molar-refractivity contribution < 1.29 is 42.6 Å². The minimum absolute atomic E-state index is 0. The van der Waals surface area contributed by atoms with Crippen molar-refractivity contribution in [3.8, 4) is 0 Å². The van der Waals surface area contributed by atoms with Gasteiger partial charge in [-0.1, -0.05) is 231 Å². The van der Waals surface area contributed by atoms with Crippen LogP contribution in [0.1, 0.15) is 36.0 Å². The summed E-state index contributed by atoms with van der Waals surface area (Å²) >= 11 is 0. The van der Waals surface area contributed by atoms with Gasteiger partial charge in [-0.05, 0) is 54.2 Å². The molecule has 352 valence electrons. The zero-order valence-corrected chi connectivity index (χ0v) is 44.0. The summed E-state index contributed by atoms with van der Waals surface area (Å²) in [5.74, 6) is 0. The van der Waals surface area contributed by atoms with Crippen LogP contribution in [0.3, 0.4) is 0 Å². The number of hydrogen-bond donors (Lipinski definition) is 2. The fourth-order valence-corrected chi connectivity index (χ4v) is 8.39. The molecule has 0 bridgehead atoms. The van der Waals surface area contributed by atoms with Gasteiger partial charge in [-0.2, -0.15) is 21.9 Å². The maximum Gasteiger partial charge on any atom is 2.00 e. The summed E-state index contributed by atoms with van der Waals surface area (Å²) in [6.07, 6.45) is 19.7. The van der Waals surface area contributed by atoms with Crippen molar-refractivity contribution in [1.29, 1.82) is 0 Å². The van der Waals surface area contributed by atoms with E-state index < -0.39 is 11.2 Å². The van der Waals surface area contributed by atoms with Crippen LogP contribution in [0.5, 0.6) is 0 Å². The van der Waals surface area contributed by atoms with E-state index in [0.717, 1.165) is 33.5 Å². The molecule has 0 amide bonds. The number of aliphatic hydroxyl groups is 2. The molecule has 0 unspecified atom stereocenters. The Hall–Kier alpha value is -7.12. The maximum atomic E-state index is 8.25. The predicted molar refractivity (Wildman–Crippen MR) is 294 cm³/mol. The van der Waals surface area contributed by atoms with Gasteiger partial charge >= 0.3 is 27.3 Å². The molecular formula is C59H61BCdN4O5. The first-order valence-corrected chi connectivity index (χ1v) is 22.8. The molecule has 8 rings (SSSR count). The fourth-order valence-electron chi connectivity index (χ4n) is 8.39. The van der Waals surface area contributed by atoms with E-state index in [9.17, 15) is 0 Å². The van der Waals surface area contributed by atoms with E-state index in [1.807, 2.05) is 91.5 Å². The Labute approximate surface area is 434 Å². The molecule has 0 aliphatic heterocycles. The third-order valence-corrected chi connectivity index (χ3v) is 11.2. The molecule has 0 saturated heterocycles. The molecule has 9 nitrogen and oxygen atoms in total. The predicted octanol–water partition coefficient (Wildman–Crippen LogP) is 9.67. The van der Waals surface area contributed by atoms with Crippen molar-refractivity contribution in [2.75, 3.05) is 14.2 Å². The molecule has 2 N–H and O–H groups in total. The van der Waals surface area contributed by atoms with Gasteiger partial charge in [0.25, 0.3) is 0 Å². The van der Waals surface area contributed by atoms with Crippen LogP contribution in [-0.4, -0.2) is 72.4 Å². The van der Waals surface area contributed by atoms with Gasteiger partial charge in [0.1, 0.15) is 6.15 Å². The molecule has 1 aliphatic rings. The first-order valence-electron chi connectivity index (χ1n) is 22.8. The number of aliphatic hydroxyl groups excluding tert-OH is 2.